The van der Waals surface area contributed by atoms with Gasteiger partial charge in [0.05, 0.1) is 18.0 Å². The van der Waals surface area contributed by atoms with Gasteiger partial charge in [-0.05, 0) is 44.2 Å². The summed E-state index contributed by atoms with van der Waals surface area (Å²) in [5, 5.41) is 3.46. The molecule has 3 heterocycles. The van der Waals surface area contributed by atoms with Crippen molar-refractivity contribution in [1.29, 1.82) is 0 Å². The van der Waals surface area contributed by atoms with Gasteiger partial charge >= 0.3 is 13.3 Å². The number of carbonyl (C=O) groups excluding carboxylic acids is 3. The van der Waals surface area contributed by atoms with Crippen LogP contribution in [0.2, 0.25) is 0 Å². The first-order chi connectivity index (χ1) is 18.2. The van der Waals surface area contributed by atoms with E-state index in [-0.39, 0.29) is 23.2 Å². The zero-order chi connectivity index (χ0) is 27.1. The van der Waals surface area contributed by atoms with Gasteiger partial charge in [0.15, 0.2) is 11.6 Å². The highest BCUT2D eigenvalue weighted by molar-refractivity contribution is 6.44. The minimum atomic E-state index is -1.97. The van der Waals surface area contributed by atoms with Crippen LogP contribution in [0.3, 0.4) is 0 Å². The zero-order valence-electron chi connectivity index (χ0n) is 21.5. The van der Waals surface area contributed by atoms with Crippen molar-refractivity contribution in [3.05, 3.63) is 33.9 Å². The number of pyridine rings is 1. The van der Waals surface area contributed by atoms with E-state index in [1.807, 2.05) is 4.90 Å². The number of nitrogens with one attached hydrogen (secondary N) is 1. The van der Waals surface area contributed by atoms with Gasteiger partial charge in [-0.25, -0.2) is 9.18 Å². The second kappa shape index (κ2) is 10.3. The Morgan fingerprint density at radius 1 is 1.08 bits per heavy atom. The number of rotatable bonds is 7. The number of ether oxygens (including phenoxy) is 1. The molecule has 202 valence electrons. The molecule has 1 aliphatic carbocycles. The van der Waals surface area contributed by atoms with Crippen molar-refractivity contribution in [3.8, 4) is 5.75 Å². The van der Waals surface area contributed by atoms with Crippen molar-refractivity contribution < 1.29 is 37.5 Å². The summed E-state index contributed by atoms with van der Waals surface area (Å²) in [4.78, 5) is 51.1. The summed E-state index contributed by atoms with van der Waals surface area (Å²) in [6.45, 7) is 4.30. The standard InChI is InChI=1S/C25H29BFN3O8/c1-13(31)36-26(37-14(2)32)38-25(34)18-11-30(16-6-7-16)21-17(23(18)33)9-19(27)22(24(21)35-3)29-10-15-5-4-8-28-20(15)12-29/h9,11,15-16,20,28H,4-8,10,12H2,1-3H3. The van der Waals surface area contributed by atoms with E-state index in [1.165, 1.54) is 13.3 Å². The minimum absolute atomic E-state index is 0.0302. The first-order valence-corrected chi connectivity index (χ1v) is 12.7. The molecule has 1 aromatic heterocycles. The van der Waals surface area contributed by atoms with Crippen molar-refractivity contribution in [3.63, 3.8) is 0 Å². The summed E-state index contributed by atoms with van der Waals surface area (Å²) in [6.07, 6.45) is 5.07. The molecule has 1 aromatic carbocycles. The third kappa shape index (κ3) is 4.94. The maximum absolute atomic E-state index is 15.7. The fourth-order valence-corrected chi connectivity index (χ4v) is 5.44. The van der Waals surface area contributed by atoms with Gasteiger partial charge in [0, 0.05) is 45.2 Å². The number of carbonyl (C=O) groups is 3. The van der Waals surface area contributed by atoms with Crippen LogP contribution in [0.25, 0.3) is 10.9 Å². The van der Waals surface area contributed by atoms with E-state index in [1.54, 1.807) is 4.57 Å². The molecule has 0 radical (unpaired) electrons. The van der Waals surface area contributed by atoms with E-state index in [0.717, 1.165) is 52.1 Å². The summed E-state index contributed by atoms with van der Waals surface area (Å²) in [7, 11) is -0.533. The predicted molar refractivity (Wildman–Crippen MR) is 134 cm³/mol. The number of piperidine rings is 1. The largest absolute Gasteiger partial charge is 0.870 e. The summed E-state index contributed by atoms with van der Waals surface area (Å²) in [6, 6.07) is 1.36. The Hall–Kier alpha value is -3.61. The Morgan fingerprint density at radius 2 is 1.79 bits per heavy atom. The molecule has 0 spiro atoms. The van der Waals surface area contributed by atoms with Crippen LogP contribution in [0, 0.1) is 11.7 Å². The summed E-state index contributed by atoms with van der Waals surface area (Å²) in [5.74, 6) is -2.91. The number of hydrogen-bond acceptors (Lipinski definition) is 10. The van der Waals surface area contributed by atoms with Crippen molar-refractivity contribution in [2.45, 2.75) is 51.6 Å². The molecule has 2 unspecified atom stereocenters. The lowest BCUT2D eigenvalue weighted by Crippen LogP contribution is -2.40. The van der Waals surface area contributed by atoms with Crippen LogP contribution >= 0.6 is 0 Å². The molecule has 5 rings (SSSR count). The predicted octanol–water partition coefficient (Wildman–Crippen LogP) is 1.94. The Kier molecular flexibility index (Phi) is 7.04. The molecule has 38 heavy (non-hydrogen) atoms. The van der Waals surface area contributed by atoms with Gasteiger partial charge in [-0.1, -0.05) is 0 Å². The number of hydrogen-bond donors (Lipinski definition) is 1. The third-order valence-corrected chi connectivity index (χ3v) is 7.21. The third-order valence-electron chi connectivity index (χ3n) is 7.21. The van der Waals surface area contributed by atoms with Gasteiger partial charge < -0.3 is 33.5 Å². The molecule has 3 aliphatic rings. The van der Waals surface area contributed by atoms with Gasteiger partial charge in [0.1, 0.15) is 11.3 Å². The molecular weight excluding hydrogens is 500 g/mol. The van der Waals surface area contributed by atoms with Gasteiger partial charge in [0.25, 0.3) is 11.9 Å². The highest BCUT2D eigenvalue weighted by atomic mass is 19.1. The fourth-order valence-electron chi connectivity index (χ4n) is 5.44. The first-order valence-electron chi connectivity index (χ1n) is 12.7. The average molecular weight is 529 g/mol. The number of fused-ring (bicyclic) bond motifs is 2. The number of benzene rings is 1. The number of aromatic nitrogens is 1. The van der Waals surface area contributed by atoms with Gasteiger partial charge in [-0.3, -0.25) is 14.4 Å². The Labute approximate surface area is 218 Å². The lowest BCUT2D eigenvalue weighted by molar-refractivity contribution is -0.139. The molecule has 3 fully saturated rings. The zero-order valence-corrected chi connectivity index (χ0v) is 21.5. The van der Waals surface area contributed by atoms with Crippen LogP contribution in [0.5, 0.6) is 5.75 Å². The lowest BCUT2D eigenvalue weighted by Gasteiger charge is -2.25. The molecule has 2 aromatic rings. The number of nitrogens with zero attached hydrogens (tertiary/aromatic N) is 2. The summed E-state index contributed by atoms with van der Waals surface area (Å²) >= 11 is 0. The number of methoxy groups -OCH3 is 1. The van der Waals surface area contributed by atoms with Crippen molar-refractivity contribution in [2.75, 3.05) is 31.6 Å². The highest BCUT2D eigenvalue weighted by Gasteiger charge is 2.39. The average Bonchev–Trinajstić information content (AvgIpc) is 3.60. The maximum Gasteiger partial charge on any atom is 0.870 e. The molecule has 13 heteroatoms. The van der Waals surface area contributed by atoms with E-state index < -0.39 is 42.0 Å². The minimum Gasteiger partial charge on any atom is -0.492 e. The van der Waals surface area contributed by atoms with Crippen LogP contribution in [-0.2, 0) is 23.6 Å². The number of anilines is 1. The van der Waals surface area contributed by atoms with Crippen molar-refractivity contribution >= 4 is 41.8 Å². The van der Waals surface area contributed by atoms with Crippen molar-refractivity contribution in [2.24, 2.45) is 5.92 Å². The lowest BCUT2D eigenvalue weighted by atomic mass is 9.94. The quantitative estimate of drug-likeness (QED) is 0.532. The molecule has 2 saturated heterocycles. The summed E-state index contributed by atoms with van der Waals surface area (Å²) in [5.41, 5.74) is -0.511. The monoisotopic (exact) mass is 529 g/mol. The van der Waals surface area contributed by atoms with E-state index in [2.05, 4.69) is 5.32 Å². The van der Waals surface area contributed by atoms with E-state index in [0.29, 0.717) is 30.2 Å². The maximum atomic E-state index is 15.7. The van der Waals surface area contributed by atoms with Gasteiger partial charge in [-0.2, -0.15) is 0 Å². The van der Waals surface area contributed by atoms with Crippen LogP contribution in [0.15, 0.2) is 17.1 Å². The molecule has 2 aliphatic heterocycles. The topological polar surface area (TPSA) is 125 Å². The van der Waals surface area contributed by atoms with E-state index in [4.69, 9.17) is 18.7 Å². The Bertz CT molecular complexity index is 1330. The highest BCUT2D eigenvalue weighted by Crippen LogP contribution is 2.45. The van der Waals surface area contributed by atoms with Crippen LogP contribution in [-0.4, -0.2) is 62.6 Å². The molecule has 0 amide bonds. The van der Waals surface area contributed by atoms with Gasteiger partial charge in [0.2, 0.25) is 5.43 Å². The first kappa shape index (κ1) is 26.0. The SMILES string of the molecule is COc1c(N2CC3CCCNC3C2)c(F)cc2c(=O)c(C(=O)OB(OC(C)=O)OC(C)=O)cn(C3CC3)c12. The van der Waals surface area contributed by atoms with Crippen molar-refractivity contribution in [1.82, 2.24) is 9.88 Å². The summed E-state index contributed by atoms with van der Waals surface area (Å²) < 4.78 is 37.7. The van der Waals surface area contributed by atoms with Gasteiger partial charge in [-0.15, -0.1) is 0 Å². The molecule has 0 bridgehead atoms. The second-order valence-electron chi connectivity index (χ2n) is 9.93. The Morgan fingerprint density at radius 3 is 2.39 bits per heavy atom. The molecule has 11 nitrogen and oxygen atoms in total. The molecule has 1 N–H and O–H groups in total. The Balaban J connectivity index is 1.58. The van der Waals surface area contributed by atoms with Crippen LogP contribution in [0.1, 0.15) is 55.9 Å². The molecule has 1 saturated carbocycles. The fraction of sp³-hybridized carbons (Fsp3) is 0.520. The van der Waals surface area contributed by atoms with Crippen LogP contribution < -0.4 is 20.4 Å². The second-order valence-corrected chi connectivity index (χ2v) is 9.93. The number of halogens is 1. The smallest absolute Gasteiger partial charge is 0.492 e. The molecular formula is C25H29BFN3O8. The normalized spacial score (nSPS) is 20.6. The van der Waals surface area contributed by atoms with E-state index >= 15 is 4.39 Å². The molecule has 2 atom stereocenters. The van der Waals surface area contributed by atoms with Crippen LogP contribution in [0.4, 0.5) is 10.1 Å². The van der Waals surface area contributed by atoms with E-state index in [9.17, 15) is 19.2 Å².